The summed E-state index contributed by atoms with van der Waals surface area (Å²) in [6, 6.07) is 8.77. The van der Waals surface area contributed by atoms with Crippen molar-refractivity contribution in [2.45, 2.75) is 38.8 Å². The highest BCUT2D eigenvalue weighted by molar-refractivity contribution is 5.78. The van der Waals surface area contributed by atoms with Crippen LogP contribution in [0.4, 0.5) is 5.95 Å². The predicted molar refractivity (Wildman–Crippen MR) is 79.4 cm³/mol. The van der Waals surface area contributed by atoms with E-state index < -0.39 is 0 Å². The lowest BCUT2D eigenvalue weighted by molar-refractivity contribution is 0.489. The van der Waals surface area contributed by atoms with Gasteiger partial charge in [-0.15, -0.1) is 0 Å². The Bertz CT molecular complexity index is 552. The molecule has 4 nitrogen and oxygen atoms in total. The Labute approximate surface area is 114 Å². The van der Waals surface area contributed by atoms with Crippen molar-refractivity contribution in [1.82, 2.24) is 9.55 Å². The number of nitrogens with two attached hydrogens (primary N) is 1. The van der Waals surface area contributed by atoms with Crippen molar-refractivity contribution < 1.29 is 0 Å². The Hall–Kier alpha value is -1.55. The molecule has 1 aliphatic rings. The summed E-state index contributed by atoms with van der Waals surface area (Å²) < 4.78 is 2.35. The van der Waals surface area contributed by atoms with Crippen molar-refractivity contribution in [1.29, 1.82) is 0 Å². The third kappa shape index (κ3) is 2.32. The molecule has 1 saturated heterocycles. The second kappa shape index (κ2) is 5.21. The van der Waals surface area contributed by atoms with E-state index in [1.54, 1.807) is 0 Å². The molecule has 3 rings (SSSR count). The maximum Gasteiger partial charge on any atom is 0.206 e. The molecule has 1 aromatic heterocycles. The van der Waals surface area contributed by atoms with E-state index in [9.17, 15) is 0 Å². The summed E-state index contributed by atoms with van der Waals surface area (Å²) in [6.45, 7) is 5.28. The molecule has 2 N–H and O–H groups in total. The largest absolute Gasteiger partial charge is 0.342 e. The number of hydrogen-bond donors (Lipinski definition) is 1. The Morgan fingerprint density at radius 2 is 2.00 bits per heavy atom. The van der Waals surface area contributed by atoms with Crippen LogP contribution < -0.4 is 10.6 Å². The van der Waals surface area contributed by atoms with Gasteiger partial charge in [-0.2, -0.15) is 0 Å². The third-order valence-corrected chi connectivity index (χ3v) is 3.90. The molecule has 0 bridgehead atoms. The highest BCUT2D eigenvalue weighted by atomic mass is 15.3. The standard InChI is InChI=1S/C15H22N4/c1-2-9-19-14-6-4-3-5-13(14)17-15(19)18-10-7-12(16)8-11-18/h3-6,12H,2,7-11,16H2,1H3. The number of rotatable bonds is 3. The van der Waals surface area contributed by atoms with E-state index in [2.05, 4.69) is 40.7 Å². The van der Waals surface area contributed by atoms with Gasteiger partial charge in [0.15, 0.2) is 0 Å². The smallest absolute Gasteiger partial charge is 0.206 e. The molecule has 0 amide bonds. The fourth-order valence-corrected chi connectivity index (χ4v) is 2.85. The number of aryl methyl sites for hydroxylation is 1. The zero-order chi connectivity index (χ0) is 13.2. The van der Waals surface area contributed by atoms with Gasteiger partial charge in [0.05, 0.1) is 11.0 Å². The SMILES string of the molecule is CCCn1c(N2CCC(N)CC2)nc2ccccc21. The van der Waals surface area contributed by atoms with Crippen LogP contribution in [0.25, 0.3) is 11.0 Å². The number of hydrogen-bond acceptors (Lipinski definition) is 3. The number of fused-ring (bicyclic) bond motifs is 1. The van der Waals surface area contributed by atoms with Gasteiger partial charge in [-0.1, -0.05) is 19.1 Å². The fraction of sp³-hybridized carbons (Fsp3) is 0.533. The van der Waals surface area contributed by atoms with Crippen molar-refractivity contribution >= 4 is 17.0 Å². The molecule has 19 heavy (non-hydrogen) atoms. The van der Waals surface area contributed by atoms with Crippen LogP contribution in [0.3, 0.4) is 0 Å². The van der Waals surface area contributed by atoms with Crippen LogP contribution in [0.15, 0.2) is 24.3 Å². The Morgan fingerprint density at radius 3 is 2.74 bits per heavy atom. The maximum absolute atomic E-state index is 5.99. The lowest BCUT2D eigenvalue weighted by Crippen LogP contribution is -2.40. The van der Waals surface area contributed by atoms with Crippen LogP contribution in [0.2, 0.25) is 0 Å². The number of piperidine rings is 1. The van der Waals surface area contributed by atoms with E-state index >= 15 is 0 Å². The number of imidazole rings is 1. The topological polar surface area (TPSA) is 47.1 Å². The second-order valence-electron chi connectivity index (χ2n) is 5.38. The van der Waals surface area contributed by atoms with Gasteiger partial charge in [0.25, 0.3) is 0 Å². The molecule has 1 aliphatic heterocycles. The van der Waals surface area contributed by atoms with Gasteiger partial charge >= 0.3 is 0 Å². The van der Waals surface area contributed by atoms with E-state index in [1.165, 1.54) is 5.52 Å². The lowest BCUT2D eigenvalue weighted by atomic mass is 10.1. The molecule has 102 valence electrons. The van der Waals surface area contributed by atoms with Gasteiger partial charge < -0.3 is 15.2 Å². The summed E-state index contributed by atoms with van der Waals surface area (Å²) in [5.41, 5.74) is 8.34. The number of benzene rings is 1. The summed E-state index contributed by atoms with van der Waals surface area (Å²) in [6.07, 6.45) is 3.26. The van der Waals surface area contributed by atoms with Crippen molar-refractivity contribution in [2.75, 3.05) is 18.0 Å². The first kappa shape index (κ1) is 12.5. The first-order valence-corrected chi connectivity index (χ1v) is 7.25. The van der Waals surface area contributed by atoms with Crippen molar-refractivity contribution in [3.63, 3.8) is 0 Å². The van der Waals surface area contributed by atoms with E-state index in [0.717, 1.165) is 50.4 Å². The molecule has 0 saturated carbocycles. The number of nitrogens with zero attached hydrogens (tertiary/aromatic N) is 3. The monoisotopic (exact) mass is 258 g/mol. The molecule has 0 radical (unpaired) electrons. The van der Waals surface area contributed by atoms with E-state index in [4.69, 9.17) is 10.7 Å². The van der Waals surface area contributed by atoms with Gasteiger partial charge in [0, 0.05) is 25.7 Å². The van der Waals surface area contributed by atoms with Crippen LogP contribution in [0.5, 0.6) is 0 Å². The number of para-hydroxylation sites is 2. The molecule has 1 aromatic carbocycles. The second-order valence-corrected chi connectivity index (χ2v) is 5.38. The summed E-state index contributed by atoms with van der Waals surface area (Å²) in [5.74, 6) is 1.12. The van der Waals surface area contributed by atoms with Crippen LogP contribution in [0.1, 0.15) is 26.2 Å². The first-order chi connectivity index (χ1) is 9.29. The molecule has 0 atom stereocenters. The Balaban J connectivity index is 1.99. The van der Waals surface area contributed by atoms with Crippen molar-refractivity contribution in [3.8, 4) is 0 Å². The number of aromatic nitrogens is 2. The minimum absolute atomic E-state index is 0.361. The van der Waals surface area contributed by atoms with Gasteiger partial charge in [-0.05, 0) is 31.4 Å². The summed E-state index contributed by atoms with van der Waals surface area (Å²) in [7, 11) is 0. The normalized spacial score (nSPS) is 17.3. The zero-order valence-corrected chi connectivity index (χ0v) is 11.5. The highest BCUT2D eigenvalue weighted by Crippen LogP contribution is 2.25. The average molecular weight is 258 g/mol. The molecule has 0 aliphatic carbocycles. The summed E-state index contributed by atoms with van der Waals surface area (Å²) >= 11 is 0. The molecule has 2 heterocycles. The number of anilines is 1. The summed E-state index contributed by atoms with van der Waals surface area (Å²) in [5, 5.41) is 0. The molecular weight excluding hydrogens is 236 g/mol. The first-order valence-electron chi connectivity index (χ1n) is 7.25. The van der Waals surface area contributed by atoms with Crippen LogP contribution >= 0.6 is 0 Å². The van der Waals surface area contributed by atoms with E-state index in [-0.39, 0.29) is 0 Å². The average Bonchev–Trinajstić information content (AvgIpc) is 2.79. The van der Waals surface area contributed by atoms with Gasteiger partial charge in [0.2, 0.25) is 5.95 Å². The van der Waals surface area contributed by atoms with Crippen LogP contribution in [0, 0.1) is 0 Å². The van der Waals surface area contributed by atoms with E-state index in [0.29, 0.717) is 6.04 Å². The minimum atomic E-state index is 0.361. The molecule has 0 unspecified atom stereocenters. The highest BCUT2D eigenvalue weighted by Gasteiger charge is 2.21. The van der Waals surface area contributed by atoms with Crippen molar-refractivity contribution in [3.05, 3.63) is 24.3 Å². The van der Waals surface area contributed by atoms with E-state index in [1.807, 2.05) is 0 Å². The Kier molecular flexibility index (Phi) is 3.42. The third-order valence-electron chi connectivity index (χ3n) is 3.90. The lowest BCUT2D eigenvalue weighted by Gasteiger charge is -2.31. The molecule has 2 aromatic rings. The fourth-order valence-electron chi connectivity index (χ4n) is 2.85. The minimum Gasteiger partial charge on any atom is -0.342 e. The quantitative estimate of drug-likeness (QED) is 0.919. The molecule has 0 spiro atoms. The molecule has 4 heteroatoms. The van der Waals surface area contributed by atoms with Gasteiger partial charge in [-0.3, -0.25) is 0 Å². The van der Waals surface area contributed by atoms with Crippen LogP contribution in [-0.2, 0) is 6.54 Å². The zero-order valence-electron chi connectivity index (χ0n) is 11.5. The van der Waals surface area contributed by atoms with Gasteiger partial charge in [-0.25, -0.2) is 4.98 Å². The Morgan fingerprint density at radius 1 is 1.26 bits per heavy atom. The summed E-state index contributed by atoms with van der Waals surface area (Å²) in [4.78, 5) is 7.22. The molecular formula is C15H22N4. The van der Waals surface area contributed by atoms with Crippen molar-refractivity contribution in [2.24, 2.45) is 5.73 Å². The van der Waals surface area contributed by atoms with Crippen LogP contribution in [-0.4, -0.2) is 28.7 Å². The maximum atomic E-state index is 5.99. The predicted octanol–water partition coefficient (Wildman–Crippen LogP) is 2.37. The molecule has 1 fully saturated rings. The van der Waals surface area contributed by atoms with Gasteiger partial charge in [0.1, 0.15) is 0 Å².